The van der Waals surface area contributed by atoms with E-state index in [1.165, 1.54) is 38.1 Å². The van der Waals surface area contributed by atoms with E-state index in [-0.39, 0.29) is 11.9 Å². The predicted molar refractivity (Wildman–Crippen MR) is 93.1 cm³/mol. The highest BCUT2D eigenvalue weighted by Gasteiger charge is 2.11. The van der Waals surface area contributed by atoms with E-state index >= 15 is 0 Å². The highest BCUT2D eigenvalue weighted by atomic mass is 19.1. The summed E-state index contributed by atoms with van der Waals surface area (Å²) in [7, 11) is 0. The number of ether oxygens (including phenoxy) is 2. The molecule has 128 valence electrons. The van der Waals surface area contributed by atoms with Gasteiger partial charge in [-0.15, -0.1) is 0 Å². The van der Waals surface area contributed by atoms with Crippen LogP contribution in [0.25, 0.3) is 0 Å². The Kier molecular flexibility index (Phi) is 5.70. The van der Waals surface area contributed by atoms with Crippen molar-refractivity contribution in [1.29, 1.82) is 0 Å². The van der Waals surface area contributed by atoms with Crippen molar-refractivity contribution in [3.8, 4) is 11.5 Å². The van der Waals surface area contributed by atoms with Crippen molar-refractivity contribution in [2.24, 2.45) is 0 Å². The molecule has 1 saturated heterocycles. The van der Waals surface area contributed by atoms with Gasteiger partial charge in [0, 0.05) is 6.54 Å². The van der Waals surface area contributed by atoms with Crippen LogP contribution in [0, 0.1) is 5.82 Å². The van der Waals surface area contributed by atoms with Crippen LogP contribution in [0.4, 0.5) is 4.39 Å². The summed E-state index contributed by atoms with van der Waals surface area (Å²) in [6.45, 7) is 5.98. The topological polar surface area (TPSA) is 21.7 Å². The summed E-state index contributed by atoms with van der Waals surface area (Å²) in [5, 5.41) is 0. The fourth-order valence-corrected chi connectivity index (χ4v) is 2.94. The third-order valence-electron chi connectivity index (χ3n) is 4.33. The quantitative estimate of drug-likeness (QED) is 0.749. The summed E-state index contributed by atoms with van der Waals surface area (Å²) in [4.78, 5) is 2.43. The maximum atomic E-state index is 13.3. The zero-order valence-electron chi connectivity index (χ0n) is 14.1. The first-order valence-electron chi connectivity index (χ1n) is 8.58. The highest BCUT2D eigenvalue weighted by molar-refractivity contribution is 5.32. The third kappa shape index (κ3) is 4.71. The van der Waals surface area contributed by atoms with E-state index in [1.807, 2.05) is 37.3 Å². The van der Waals surface area contributed by atoms with E-state index in [2.05, 4.69) is 4.90 Å². The molecule has 0 aliphatic carbocycles. The molecule has 2 aromatic carbocycles. The van der Waals surface area contributed by atoms with Gasteiger partial charge in [0.25, 0.3) is 0 Å². The minimum absolute atomic E-state index is 0.206. The smallest absolute Gasteiger partial charge is 0.123 e. The van der Waals surface area contributed by atoms with Crippen molar-refractivity contribution in [2.75, 3.05) is 26.2 Å². The first-order valence-corrected chi connectivity index (χ1v) is 8.58. The molecule has 1 fully saturated rings. The van der Waals surface area contributed by atoms with Crippen molar-refractivity contribution >= 4 is 0 Å². The van der Waals surface area contributed by atoms with Gasteiger partial charge >= 0.3 is 0 Å². The Labute approximate surface area is 143 Å². The van der Waals surface area contributed by atoms with Crippen molar-refractivity contribution in [2.45, 2.75) is 25.9 Å². The Morgan fingerprint density at radius 1 is 1.04 bits per heavy atom. The van der Waals surface area contributed by atoms with Crippen molar-refractivity contribution in [3.63, 3.8) is 0 Å². The molecule has 0 saturated carbocycles. The third-order valence-corrected chi connectivity index (χ3v) is 4.33. The van der Waals surface area contributed by atoms with Crippen LogP contribution in [0.2, 0.25) is 0 Å². The van der Waals surface area contributed by atoms with Gasteiger partial charge in [-0.2, -0.15) is 0 Å². The van der Waals surface area contributed by atoms with Gasteiger partial charge in [-0.05, 0) is 74.8 Å². The maximum Gasteiger partial charge on any atom is 0.123 e. The van der Waals surface area contributed by atoms with E-state index in [0.717, 1.165) is 23.6 Å². The molecule has 1 atom stereocenters. The van der Waals surface area contributed by atoms with Gasteiger partial charge in [-0.3, -0.25) is 4.90 Å². The average Bonchev–Trinajstić information content (AvgIpc) is 3.10. The Balaban J connectivity index is 1.48. The van der Waals surface area contributed by atoms with Crippen LogP contribution in [-0.2, 0) is 0 Å². The zero-order valence-corrected chi connectivity index (χ0v) is 14.1. The largest absolute Gasteiger partial charge is 0.492 e. The molecule has 4 heteroatoms. The van der Waals surface area contributed by atoms with Crippen molar-refractivity contribution in [3.05, 3.63) is 59.9 Å². The molecule has 3 nitrogen and oxygen atoms in total. The second kappa shape index (κ2) is 8.15. The SMILES string of the molecule is CC(Oc1ccc(OCCN2CCCC2)cc1)c1cccc(F)c1. The lowest BCUT2D eigenvalue weighted by molar-refractivity contribution is 0.224. The van der Waals surface area contributed by atoms with Crippen LogP contribution in [0.1, 0.15) is 31.4 Å². The number of halogens is 1. The molecule has 1 unspecified atom stereocenters. The molecule has 1 aliphatic heterocycles. The van der Waals surface area contributed by atoms with Gasteiger partial charge in [0.1, 0.15) is 30.0 Å². The number of rotatable bonds is 7. The number of nitrogens with zero attached hydrogens (tertiary/aromatic N) is 1. The standard InChI is InChI=1S/C20H24FNO2/c1-16(17-5-4-6-18(21)15-17)24-20-9-7-19(8-10-20)23-14-13-22-11-2-3-12-22/h4-10,15-16H,2-3,11-14H2,1H3. The molecule has 0 radical (unpaired) electrons. The van der Waals surface area contributed by atoms with Gasteiger partial charge < -0.3 is 9.47 Å². The summed E-state index contributed by atoms with van der Waals surface area (Å²) >= 11 is 0. The van der Waals surface area contributed by atoms with Crippen LogP contribution >= 0.6 is 0 Å². The van der Waals surface area contributed by atoms with E-state index in [0.29, 0.717) is 6.61 Å². The summed E-state index contributed by atoms with van der Waals surface area (Å²) in [6.07, 6.45) is 2.40. The molecule has 1 heterocycles. The van der Waals surface area contributed by atoms with E-state index < -0.39 is 0 Å². The molecular weight excluding hydrogens is 305 g/mol. The second-order valence-electron chi connectivity index (χ2n) is 6.18. The molecule has 1 aliphatic rings. The molecule has 0 amide bonds. The molecule has 0 N–H and O–H groups in total. The van der Waals surface area contributed by atoms with Gasteiger partial charge in [0.05, 0.1) is 0 Å². The molecule has 2 aromatic rings. The maximum absolute atomic E-state index is 13.3. The molecular formula is C20H24FNO2. The normalized spacial score (nSPS) is 16.1. The van der Waals surface area contributed by atoms with Gasteiger partial charge in [-0.25, -0.2) is 4.39 Å². The van der Waals surface area contributed by atoms with E-state index in [1.54, 1.807) is 6.07 Å². The minimum atomic E-state index is -0.246. The van der Waals surface area contributed by atoms with Crippen LogP contribution in [0.3, 0.4) is 0 Å². The zero-order chi connectivity index (χ0) is 16.8. The van der Waals surface area contributed by atoms with Crippen molar-refractivity contribution < 1.29 is 13.9 Å². The van der Waals surface area contributed by atoms with Crippen LogP contribution in [-0.4, -0.2) is 31.1 Å². The van der Waals surface area contributed by atoms with Crippen molar-refractivity contribution in [1.82, 2.24) is 4.90 Å². The lowest BCUT2D eigenvalue weighted by Gasteiger charge is -2.16. The fraction of sp³-hybridized carbons (Fsp3) is 0.400. The van der Waals surface area contributed by atoms with Crippen LogP contribution < -0.4 is 9.47 Å². The van der Waals surface area contributed by atoms with E-state index in [4.69, 9.17) is 9.47 Å². The lowest BCUT2D eigenvalue weighted by Crippen LogP contribution is -2.25. The molecule has 3 rings (SSSR count). The van der Waals surface area contributed by atoms with Gasteiger partial charge in [0.15, 0.2) is 0 Å². The number of benzene rings is 2. The Morgan fingerprint density at radius 3 is 2.46 bits per heavy atom. The fourth-order valence-electron chi connectivity index (χ4n) is 2.94. The minimum Gasteiger partial charge on any atom is -0.492 e. The Morgan fingerprint density at radius 2 is 1.75 bits per heavy atom. The highest BCUT2D eigenvalue weighted by Crippen LogP contribution is 2.24. The monoisotopic (exact) mass is 329 g/mol. The summed E-state index contributed by atoms with van der Waals surface area (Å²) in [5.74, 6) is 1.35. The average molecular weight is 329 g/mol. The van der Waals surface area contributed by atoms with Crippen LogP contribution in [0.15, 0.2) is 48.5 Å². The summed E-state index contributed by atoms with van der Waals surface area (Å²) in [6, 6.07) is 14.1. The van der Waals surface area contributed by atoms with Crippen LogP contribution in [0.5, 0.6) is 11.5 Å². The molecule has 0 spiro atoms. The second-order valence-corrected chi connectivity index (χ2v) is 6.18. The number of hydrogen-bond acceptors (Lipinski definition) is 3. The Bertz CT molecular complexity index is 638. The lowest BCUT2D eigenvalue weighted by atomic mass is 10.1. The summed E-state index contributed by atoms with van der Waals surface area (Å²) < 4.78 is 24.9. The van der Waals surface area contributed by atoms with E-state index in [9.17, 15) is 4.39 Å². The molecule has 24 heavy (non-hydrogen) atoms. The summed E-state index contributed by atoms with van der Waals surface area (Å²) in [5.41, 5.74) is 0.820. The molecule has 0 bridgehead atoms. The number of hydrogen-bond donors (Lipinski definition) is 0. The predicted octanol–water partition coefficient (Wildman–Crippen LogP) is 4.44. The first kappa shape index (κ1) is 16.8. The first-order chi connectivity index (χ1) is 11.7. The van der Waals surface area contributed by atoms with Gasteiger partial charge in [0.2, 0.25) is 0 Å². The van der Waals surface area contributed by atoms with Gasteiger partial charge in [-0.1, -0.05) is 12.1 Å². The Hall–Kier alpha value is -2.07. The number of likely N-dealkylation sites (tertiary alicyclic amines) is 1. The molecule has 0 aromatic heterocycles.